The van der Waals surface area contributed by atoms with Crippen molar-refractivity contribution in [2.75, 3.05) is 13.1 Å². The molecule has 1 amide bonds. The Hall–Kier alpha value is -1.84. The minimum Gasteiger partial charge on any atom is -0.348 e. The molecule has 1 aliphatic carbocycles. The summed E-state index contributed by atoms with van der Waals surface area (Å²) in [6.07, 6.45) is 3.41. The second-order valence-electron chi connectivity index (χ2n) is 6.29. The van der Waals surface area contributed by atoms with Crippen LogP contribution >= 0.6 is 12.4 Å². The van der Waals surface area contributed by atoms with E-state index < -0.39 is 0 Å². The van der Waals surface area contributed by atoms with Gasteiger partial charge in [-0.2, -0.15) is 0 Å². The molecule has 1 atom stereocenters. The van der Waals surface area contributed by atoms with Crippen molar-refractivity contribution in [1.29, 1.82) is 0 Å². The average Bonchev–Trinajstić information content (AvgIpc) is 3.40. The second kappa shape index (κ2) is 9.45. The van der Waals surface area contributed by atoms with Gasteiger partial charge in [0, 0.05) is 0 Å². The highest BCUT2D eigenvalue weighted by Crippen LogP contribution is 2.27. The number of carbonyl (C=O) groups excluding carboxylic acids is 1. The first-order valence-corrected chi connectivity index (χ1v) is 8.40. The predicted molar refractivity (Wildman–Crippen MR) is 100 cm³/mol. The van der Waals surface area contributed by atoms with Crippen molar-refractivity contribution in [1.82, 2.24) is 10.6 Å². The van der Waals surface area contributed by atoms with Crippen molar-refractivity contribution in [2.45, 2.75) is 25.3 Å². The van der Waals surface area contributed by atoms with Gasteiger partial charge in [0.25, 0.3) is 0 Å². The van der Waals surface area contributed by atoms with Crippen LogP contribution < -0.4 is 10.6 Å². The highest BCUT2D eigenvalue weighted by molar-refractivity contribution is 5.85. The van der Waals surface area contributed by atoms with Crippen molar-refractivity contribution in [2.24, 2.45) is 5.92 Å². The van der Waals surface area contributed by atoms with Crippen LogP contribution in [0.4, 0.5) is 0 Å². The molecule has 2 N–H and O–H groups in total. The first-order valence-electron chi connectivity index (χ1n) is 8.40. The van der Waals surface area contributed by atoms with Gasteiger partial charge >= 0.3 is 0 Å². The zero-order chi connectivity index (χ0) is 15.9. The fourth-order valence-electron chi connectivity index (χ4n) is 2.74. The SMILES string of the molecule is Cl.O=C(CNCC1CC1)NC(Cc1ccccc1)c1ccccc1. The van der Waals surface area contributed by atoms with Crippen LogP contribution in [-0.2, 0) is 11.2 Å². The maximum absolute atomic E-state index is 12.2. The Morgan fingerprint density at radius 2 is 1.62 bits per heavy atom. The Labute approximate surface area is 150 Å². The van der Waals surface area contributed by atoms with Crippen molar-refractivity contribution in [3.63, 3.8) is 0 Å². The van der Waals surface area contributed by atoms with E-state index in [9.17, 15) is 4.79 Å². The van der Waals surface area contributed by atoms with E-state index in [2.05, 4.69) is 34.9 Å². The van der Waals surface area contributed by atoms with Crippen LogP contribution in [0.3, 0.4) is 0 Å². The third-order valence-corrected chi connectivity index (χ3v) is 4.24. The van der Waals surface area contributed by atoms with Crippen LogP contribution in [0.25, 0.3) is 0 Å². The number of amides is 1. The molecule has 0 bridgehead atoms. The molecule has 0 heterocycles. The van der Waals surface area contributed by atoms with Gasteiger partial charge in [-0.15, -0.1) is 12.4 Å². The van der Waals surface area contributed by atoms with E-state index in [4.69, 9.17) is 0 Å². The molecule has 2 aromatic carbocycles. The Balaban J connectivity index is 0.00000208. The molecule has 1 fully saturated rings. The molecule has 1 aliphatic rings. The van der Waals surface area contributed by atoms with Gasteiger partial charge in [0.1, 0.15) is 0 Å². The summed E-state index contributed by atoms with van der Waals surface area (Å²) in [5.41, 5.74) is 2.37. The van der Waals surface area contributed by atoms with Crippen molar-refractivity contribution < 1.29 is 4.79 Å². The summed E-state index contributed by atoms with van der Waals surface area (Å²) in [6.45, 7) is 1.36. The second-order valence-corrected chi connectivity index (χ2v) is 6.29. The van der Waals surface area contributed by atoms with Crippen molar-refractivity contribution in [3.8, 4) is 0 Å². The van der Waals surface area contributed by atoms with E-state index in [0.29, 0.717) is 6.54 Å². The number of carbonyl (C=O) groups is 1. The Bertz CT molecular complexity index is 614. The van der Waals surface area contributed by atoms with Gasteiger partial charge in [-0.05, 0) is 42.9 Å². The number of hydrogen-bond acceptors (Lipinski definition) is 2. The minimum absolute atomic E-state index is 0. The number of hydrogen-bond donors (Lipinski definition) is 2. The van der Waals surface area contributed by atoms with E-state index in [1.54, 1.807) is 0 Å². The molecule has 0 aliphatic heterocycles. The average molecular weight is 345 g/mol. The molecule has 0 radical (unpaired) electrons. The summed E-state index contributed by atoms with van der Waals surface area (Å²) in [5.74, 6) is 0.854. The molecule has 3 nitrogen and oxygen atoms in total. The van der Waals surface area contributed by atoms with E-state index in [0.717, 1.165) is 24.4 Å². The smallest absolute Gasteiger partial charge is 0.234 e. The summed E-state index contributed by atoms with van der Waals surface area (Å²) in [4.78, 5) is 12.2. The molecule has 128 valence electrons. The summed E-state index contributed by atoms with van der Waals surface area (Å²) in [5, 5.41) is 6.43. The molecule has 1 unspecified atom stereocenters. The number of benzene rings is 2. The van der Waals surface area contributed by atoms with Crippen LogP contribution in [0.15, 0.2) is 60.7 Å². The molecular formula is C20H25ClN2O. The quantitative estimate of drug-likeness (QED) is 0.769. The highest BCUT2D eigenvalue weighted by Gasteiger charge is 2.21. The molecule has 24 heavy (non-hydrogen) atoms. The Morgan fingerprint density at radius 1 is 1.00 bits per heavy atom. The molecule has 2 aromatic rings. The fraction of sp³-hybridized carbons (Fsp3) is 0.350. The lowest BCUT2D eigenvalue weighted by Gasteiger charge is -2.20. The Kier molecular flexibility index (Phi) is 7.29. The maximum Gasteiger partial charge on any atom is 0.234 e. The minimum atomic E-state index is 0. The van der Waals surface area contributed by atoms with Gasteiger partial charge in [-0.3, -0.25) is 4.79 Å². The van der Waals surface area contributed by atoms with Crippen LogP contribution in [0.5, 0.6) is 0 Å². The maximum atomic E-state index is 12.2. The zero-order valence-corrected chi connectivity index (χ0v) is 14.6. The molecular weight excluding hydrogens is 320 g/mol. The summed E-state index contributed by atoms with van der Waals surface area (Å²) < 4.78 is 0. The summed E-state index contributed by atoms with van der Waals surface area (Å²) in [7, 11) is 0. The highest BCUT2D eigenvalue weighted by atomic mass is 35.5. The number of halogens is 1. The van der Waals surface area contributed by atoms with Gasteiger partial charge in [0.15, 0.2) is 0 Å². The van der Waals surface area contributed by atoms with E-state index >= 15 is 0 Å². The molecule has 1 saturated carbocycles. The lowest BCUT2D eigenvalue weighted by molar-refractivity contribution is -0.121. The standard InChI is InChI=1S/C20H24N2O.ClH/c23-20(15-21-14-17-11-12-17)22-19(18-9-5-2-6-10-18)13-16-7-3-1-4-8-16;/h1-10,17,19,21H,11-15H2,(H,22,23);1H. The van der Waals surface area contributed by atoms with Crippen LogP contribution in [0.1, 0.15) is 30.0 Å². The molecule has 0 spiro atoms. The molecule has 4 heteroatoms. The summed E-state index contributed by atoms with van der Waals surface area (Å²) in [6, 6.07) is 20.5. The van der Waals surface area contributed by atoms with E-state index in [-0.39, 0.29) is 24.4 Å². The monoisotopic (exact) mass is 344 g/mol. The third-order valence-electron chi connectivity index (χ3n) is 4.24. The third kappa shape index (κ3) is 5.99. The van der Waals surface area contributed by atoms with Gasteiger partial charge < -0.3 is 10.6 Å². The van der Waals surface area contributed by atoms with Crippen molar-refractivity contribution in [3.05, 3.63) is 71.8 Å². The fourth-order valence-corrected chi connectivity index (χ4v) is 2.74. The van der Waals surface area contributed by atoms with E-state index in [1.807, 2.05) is 36.4 Å². The summed E-state index contributed by atoms with van der Waals surface area (Å²) >= 11 is 0. The number of nitrogens with one attached hydrogen (secondary N) is 2. The molecule has 3 rings (SSSR count). The van der Waals surface area contributed by atoms with E-state index in [1.165, 1.54) is 18.4 Å². The normalized spacial score (nSPS) is 14.5. The first kappa shape index (κ1) is 18.5. The largest absolute Gasteiger partial charge is 0.348 e. The molecule has 0 saturated heterocycles. The lowest BCUT2D eigenvalue weighted by Crippen LogP contribution is -2.37. The van der Waals surface area contributed by atoms with Crippen molar-refractivity contribution >= 4 is 18.3 Å². The lowest BCUT2D eigenvalue weighted by atomic mass is 9.99. The van der Waals surface area contributed by atoms with Gasteiger partial charge in [0.2, 0.25) is 5.91 Å². The Morgan fingerprint density at radius 3 is 2.25 bits per heavy atom. The van der Waals surface area contributed by atoms with Crippen LogP contribution in [0, 0.1) is 5.92 Å². The van der Waals surface area contributed by atoms with Gasteiger partial charge in [-0.1, -0.05) is 60.7 Å². The first-order chi connectivity index (χ1) is 11.3. The number of rotatable bonds is 8. The zero-order valence-electron chi connectivity index (χ0n) is 13.8. The van der Waals surface area contributed by atoms with Gasteiger partial charge in [-0.25, -0.2) is 0 Å². The van der Waals surface area contributed by atoms with Gasteiger partial charge in [0.05, 0.1) is 12.6 Å². The van der Waals surface area contributed by atoms with Crippen LogP contribution in [-0.4, -0.2) is 19.0 Å². The van der Waals surface area contributed by atoms with Crippen LogP contribution in [0.2, 0.25) is 0 Å². The topological polar surface area (TPSA) is 41.1 Å². The predicted octanol–water partition coefficient (Wildman–Crippen LogP) is 3.51. The molecule has 0 aromatic heterocycles.